The number of hydrogen-bond donors (Lipinski definition) is 2. The van der Waals surface area contributed by atoms with Crippen LogP contribution in [0.4, 0.5) is 0 Å². The number of hydrogen-bond acceptors (Lipinski definition) is 6. The fourth-order valence-electron chi connectivity index (χ4n) is 2.82. The molecule has 3 heterocycles. The predicted octanol–water partition coefficient (Wildman–Crippen LogP) is 0.478. The van der Waals surface area contributed by atoms with Crippen molar-refractivity contribution in [3.8, 4) is 0 Å². The van der Waals surface area contributed by atoms with Gasteiger partial charge in [-0.05, 0) is 34.4 Å². The quantitative estimate of drug-likeness (QED) is 0.856. The largest absolute Gasteiger partial charge is 0.340 e. The van der Waals surface area contributed by atoms with Gasteiger partial charge in [-0.2, -0.15) is 0 Å². The summed E-state index contributed by atoms with van der Waals surface area (Å²) in [6.45, 7) is 7.29. The Bertz CT molecular complexity index is 705. The first-order valence-electron chi connectivity index (χ1n) is 7.79. The highest BCUT2D eigenvalue weighted by atomic mass is 16.2. The molecule has 0 aromatic carbocycles. The van der Waals surface area contributed by atoms with Crippen molar-refractivity contribution in [1.29, 1.82) is 0 Å². The molecular formula is C15H23N7O. The van der Waals surface area contributed by atoms with E-state index in [0.29, 0.717) is 23.8 Å². The van der Waals surface area contributed by atoms with Gasteiger partial charge in [0, 0.05) is 37.4 Å². The number of fused-ring (bicyclic) bond motifs is 1. The highest BCUT2D eigenvalue weighted by Crippen LogP contribution is 2.25. The van der Waals surface area contributed by atoms with Gasteiger partial charge in [-0.15, -0.1) is 5.10 Å². The summed E-state index contributed by atoms with van der Waals surface area (Å²) in [5.74, 6) is -0.0310. The molecule has 2 aromatic rings. The Morgan fingerprint density at radius 1 is 1.43 bits per heavy atom. The number of rotatable bonds is 3. The maximum absolute atomic E-state index is 12.6. The van der Waals surface area contributed by atoms with Gasteiger partial charge in [-0.3, -0.25) is 15.6 Å². The maximum atomic E-state index is 12.6. The van der Waals surface area contributed by atoms with Gasteiger partial charge in [0.05, 0.1) is 0 Å². The molecule has 1 saturated heterocycles. The van der Waals surface area contributed by atoms with Crippen LogP contribution in [0.25, 0.3) is 5.65 Å². The number of nitrogens with one attached hydrogen (secondary N) is 2. The van der Waals surface area contributed by atoms with E-state index in [4.69, 9.17) is 0 Å². The van der Waals surface area contributed by atoms with E-state index in [0.717, 1.165) is 6.42 Å². The number of aromatic nitrogens is 4. The van der Waals surface area contributed by atoms with E-state index in [-0.39, 0.29) is 17.4 Å². The van der Waals surface area contributed by atoms with Crippen LogP contribution in [0.1, 0.15) is 37.6 Å². The van der Waals surface area contributed by atoms with Crippen LogP contribution in [-0.2, 0) is 0 Å². The highest BCUT2D eigenvalue weighted by molar-refractivity contribution is 5.94. The average molecular weight is 317 g/mol. The Morgan fingerprint density at radius 3 is 2.91 bits per heavy atom. The summed E-state index contributed by atoms with van der Waals surface area (Å²) in [6.07, 6.45) is 2.69. The summed E-state index contributed by atoms with van der Waals surface area (Å²) < 4.78 is 1.53. The smallest absolute Gasteiger partial charge is 0.253 e. The first-order chi connectivity index (χ1) is 10.8. The first-order valence-corrected chi connectivity index (χ1v) is 7.79. The Labute approximate surface area is 135 Å². The van der Waals surface area contributed by atoms with Crippen LogP contribution in [0, 0.1) is 5.41 Å². The van der Waals surface area contributed by atoms with Gasteiger partial charge < -0.3 is 4.90 Å². The van der Waals surface area contributed by atoms with Crippen molar-refractivity contribution in [2.45, 2.75) is 39.3 Å². The van der Waals surface area contributed by atoms with Crippen molar-refractivity contribution < 1.29 is 4.79 Å². The lowest BCUT2D eigenvalue weighted by Gasteiger charge is -2.26. The molecule has 2 unspecified atom stereocenters. The number of tetrazole rings is 1. The fraction of sp³-hybridized carbons (Fsp3) is 0.600. The molecule has 2 aromatic heterocycles. The molecule has 0 radical (unpaired) electrons. The van der Waals surface area contributed by atoms with E-state index in [1.807, 2.05) is 7.05 Å². The summed E-state index contributed by atoms with van der Waals surface area (Å²) >= 11 is 0. The molecule has 3 rings (SSSR count). The summed E-state index contributed by atoms with van der Waals surface area (Å²) in [6, 6.07) is 4.08. The molecule has 0 aliphatic carbocycles. The minimum Gasteiger partial charge on any atom is -0.340 e. The van der Waals surface area contributed by atoms with E-state index in [9.17, 15) is 4.79 Å². The Kier molecular flexibility index (Phi) is 4.03. The predicted molar refractivity (Wildman–Crippen MR) is 85.7 cm³/mol. The van der Waals surface area contributed by atoms with Crippen LogP contribution < -0.4 is 10.9 Å². The standard InChI is InChI=1S/C15H23N7O/c1-15(2,3)12-8-11(16-17-12)9-21(4)14(23)10-5-6-22-13(7-10)18-19-20-22/h5-7,11-12,16-17H,8-9H2,1-4H3. The van der Waals surface area contributed by atoms with Crippen molar-refractivity contribution in [3.63, 3.8) is 0 Å². The van der Waals surface area contributed by atoms with Gasteiger partial charge >= 0.3 is 0 Å². The SMILES string of the molecule is CN(CC1CC(C(C)(C)C)NN1)C(=O)c1ccn2nnnc2c1. The molecule has 8 nitrogen and oxygen atoms in total. The average Bonchev–Trinajstić information content (AvgIpc) is 3.13. The van der Waals surface area contributed by atoms with E-state index in [1.165, 1.54) is 4.52 Å². The number of carbonyl (C=O) groups excluding carboxylic acids is 1. The molecule has 1 fully saturated rings. The van der Waals surface area contributed by atoms with Crippen molar-refractivity contribution in [2.75, 3.05) is 13.6 Å². The Hall–Kier alpha value is -2.06. The van der Waals surface area contributed by atoms with Crippen molar-refractivity contribution in [3.05, 3.63) is 23.9 Å². The molecule has 124 valence electrons. The Morgan fingerprint density at radius 2 is 2.22 bits per heavy atom. The number of likely N-dealkylation sites (N-methyl/N-ethyl adjacent to an activating group) is 1. The zero-order valence-corrected chi connectivity index (χ0v) is 13.9. The fourth-order valence-corrected chi connectivity index (χ4v) is 2.82. The molecule has 1 aliphatic rings. The second-order valence-corrected chi connectivity index (χ2v) is 7.22. The van der Waals surface area contributed by atoms with Gasteiger partial charge in [-0.25, -0.2) is 4.52 Å². The molecule has 2 atom stereocenters. The van der Waals surface area contributed by atoms with E-state index >= 15 is 0 Å². The number of nitrogens with zero attached hydrogens (tertiary/aromatic N) is 5. The number of carbonyl (C=O) groups is 1. The van der Waals surface area contributed by atoms with Crippen LogP contribution in [0.3, 0.4) is 0 Å². The van der Waals surface area contributed by atoms with E-state index < -0.39 is 0 Å². The molecule has 8 heteroatoms. The molecule has 1 amide bonds. The third-order valence-corrected chi connectivity index (χ3v) is 4.31. The van der Waals surface area contributed by atoms with Crippen LogP contribution >= 0.6 is 0 Å². The number of amides is 1. The van der Waals surface area contributed by atoms with Gasteiger partial charge in [-0.1, -0.05) is 20.8 Å². The van der Waals surface area contributed by atoms with Crippen LogP contribution in [0.5, 0.6) is 0 Å². The zero-order chi connectivity index (χ0) is 16.6. The Balaban J connectivity index is 1.64. The number of pyridine rings is 1. The second kappa shape index (κ2) is 5.86. The van der Waals surface area contributed by atoms with Gasteiger partial charge in [0.1, 0.15) is 0 Å². The van der Waals surface area contributed by atoms with E-state index in [1.54, 1.807) is 23.2 Å². The topological polar surface area (TPSA) is 87.5 Å². The molecule has 1 aliphatic heterocycles. The molecule has 0 saturated carbocycles. The molecule has 0 spiro atoms. The third-order valence-electron chi connectivity index (χ3n) is 4.31. The van der Waals surface area contributed by atoms with E-state index in [2.05, 4.69) is 47.1 Å². The molecule has 0 bridgehead atoms. The van der Waals surface area contributed by atoms with Gasteiger partial charge in [0.2, 0.25) is 0 Å². The van der Waals surface area contributed by atoms with Crippen molar-refractivity contribution in [1.82, 2.24) is 35.8 Å². The second-order valence-electron chi connectivity index (χ2n) is 7.22. The summed E-state index contributed by atoms with van der Waals surface area (Å²) in [7, 11) is 1.82. The monoisotopic (exact) mass is 317 g/mol. The molecule has 23 heavy (non-hydrogen) atoms. The lowest BCUT2D eigenvalue weighted by atomic mass is 9.84. The minimum atomic E-state index is -0.0310. The first kappa shape index (κ1) is 15.8. The van der Waals surface area contributed by atoms with Gasteiger partial charge in [0.25, 0.3) is 5.91 Å². The third kappa shape index (κ3) is 3.32. The van der Waals surface area contributed by atoms with Crippen molar-refractivity contribution >= 4 is 11.6 Å². The van der Waals surface area contributed by atoms with Crippen LogP contribution in [0.2, 0.25) is 0 Å². The number of hydrazine groups is 1. The van der Waals surface area contributed by atoms with Gasteiger partial charge in [0.15, 0.2) is 5.65 Å². The van der Waals surface area contributed by atoms with Crippen LogP contribution in [-0.4, -0.2) is 56.5 Å². The minimum absolute atomic E-state index is 0.0310. The molecule has 2 N–H and O–H groups in total. The highest BCUT2D eigenvalue weighted by Gasteiger charge is 2.33. The summed E-state index contributed by atoms with van der Waals surface area (Å²) in [5, 5.41) is 11.2. The summed E-state index contributed by atoms with van der Waals surface area (Å²) in [5.41, 5.74) is 7.98. The zero-order valence-electron chi connectivity index (χ0n) is 13.9. The maximum Gasteiger partial charge on any atom is 0.253 e. The lowest BCUT2D eigenvalue weighted by Crippen LogP contribution is -2.42. The normalized spacial score (nSPS) is 21.7. The summed E-state index contributed by atoms with van der Waals surface area (Å²) in [4.78, 5) is 14.3. The van der Waals surface area contributed by atoms with Crippen molar-refractivity contribution in [2.24, 2.45) is 5.41 Å². The lowest BCUT2D eigenvalue weighted by molar-refractivity contribution is 0.0782. The molecular weight excluding hydrogens is 294 g/mol. The van der Waals surface area contributed by atoms with Crippen LogP contribution in [0.15, 0.2) is 18.3 Å².